The van der Waals surface area contributed by atoms with E-state index in [4.69, 9.17) is 0 Å². The Balaban J connectivity index is 1.67. The summed E-state index contributed by atoms with van der Waals surface area (Å²) in [6.45, 7) is 2.04. The van der Waals surface area contributed by atoms with Gasteiger partial charge in [0.15, 0.2) is 0 Å². The second-order valence-electron chi connectivity index (χ2n) is 5.00. The molecule has 0 spiro atoms. The van der Waals surface area contributed by atoms with E-state index in [1.54, 1.807) is 0 Å². The normalized spacial score (nSPS) is 10.4. The molecule has 22 heavy (non-hydrogen) atoms. The lowest BCUT2D eigenvalue weighted by atomic mass is 10.1. The minimum Gasteiger partial charge on any atom is -0.307 e. The van der Waals surface area contributed by atoms with Crippen LogP contribution in [0.1, 0.15) is 5.56 Å². The van der Waals surface area contributed by atoms with Crippen molar-refractivity contribution in [2.24, 2.45) is 0 Å². The third-order valence-corrected chi connectivity index (χ3v) is 4.12. The summed E-state index contributed by atoms with van der Waals surface area (Å²) in [6, 6.07) is 21.6. The van der Waals surface area contributed by atoms with E-state index < -0.39 is 0 Å². The third-order valence-electron chi connectivity index (χ3n) is 3.32. The molecule has 0 aliphatic carbocycles. The van der Waals surface area contributed by atoms with Crippen molar-refractivity contribution in [3.8, 4) is 0 Å². The third kappa shape index (κ3) is 3.40. The fraction of sp³-hybridized carbons (Fsp3) is 0.0556. The highest BCUT2D eigenvalue weighted by molar-refractivity contribution is 7.98. The molecule has 3 aromatic rings. The van der Waals surface area contributed by atoms with Crippen molar-refractivity contribution in [2.45, 2.75) is 11.8 Å². The molecule has 3 rings (SSSR count). The van der Waals surface area contributed by atoms with E-state index in [1.807, 2.05) is 73.7 Å². The van der Waals surface area contributed by atoms with E-state index in [9.17, 15) is 4.79 Å². The van der Waals surface area contributed by atoms with Gasteiger partial charge in [-0.05, 0) is 42.5 Å². The quantitative estimate of drug-likeness (QED) is 0.670. The van der Waals surface area contributed by atoms with Crippen LogP contribution in [0.2, 0.25) is 0 Å². The number of fused-ring (bicyclic) bond motifs is 1. The summed E-state index contributed by atoms with van der Waals surface area (Å²) in [4.78, 5) is 13.1. The minimum atomic E-state index is -0.234. The van der Waals surface area contributed by atoms with Gasteiger partial charge in [-0.25, -0.2) is 4.79 Å². The standard InChI is InChI=1S/C18H16N2OS/c1-13-9-11-15(12-10-13)22-20-18(21)19-17-8-4-6-14-5-2-3-7-16(14)17/h2-12H,1H3,(H2,19,20,21). The van der Waals surface area contributed by atoms with Gasteiger partial charge in [0, 0.05) is 10.3 Å². The van der Waals surface area contributed by atoms with E-state index in [1.165, 1.54) is 17.5 Å². The first-order chi connectivity index (χ1) is 10.7. The Bertz CT molecular complexity index is 794. The van der Waals surface area contributed by atoms with Crippen LogP contribution in [0.25, 0.3) is 10.8 Å². The lowest BCUT2D eigenvalue weighted by molar-refractivity contribution is 0.257. The predicted octanol–water partition coefficient (Wildman–Crippen LogP) is 4.98. The molecule has 0 bridgehead atoms. The lowest BCUT2D eigenvalue weighted by Gasteiger charge is -2.09. The number of rotatable bonds is 3. The fourth-order valence-electron chi connectivity index (χ4n) is 2.19. The predicted molar refractivity (Wildman–Crippen MR) is 93.1 cm³/mol. The van der Waals surface area contributed by atoms with Crippen molar-refractivity contribution in [1.82, 2.24) is 4.72 Å². The molecular weight excluding hydrogens is 292 g/mol. The van der Waals surface area contributed by atoms with E-state index in [0.29, 0.717) is 0 Å². The number of carbonyl (C=O) groups is 1. The molecule has 3 aromatic carbocycles. The number of urea groups is 1. The number of nitrogens with one attached hydrogen (secondary N) is 2. The molecule has 0 saturated heterocycles. The molecule has 0 fully saturated rings. The zero-order valence-corrected chi connectivity index (χ0v) is 13.0. The van der Waals surface area contributed by atoms with Crippen LogP contribution in [-0.2, 0) is 0 Å². The molecule has 110 valence electrons. The first-order valence-corrected chi connectivity index (χ1v) is 7.82. The Morgan fingerprint density at radius 2 is 1.64 bits per heavy atom. The van der Waals surface area contributed by atoms with Gasteiger partial charge in [-0.15, -0.1) is 0 Å². The Hall–Kier alpha value is -2.46. The van der Waals surface area contributed by atoms with Crippen LogP contribution in [0.5, 0.6) is 0 Å². The average molecular weight is 308 g/mol. The zero-order valence-electron chi connectivity index (χ0n) is 12.2. The van der Waals surface area contributed by atoms with Crippen molar-refractivity contribution < 1.29 is 4.79 Å². The van der Waals surface area contributed by atoms with Crippen molar-refractivity contribution in [3.63, 3.8) is 0 Å². The lowest BCUT2D eigenvalue weighted by Crippen LogP contribution is -2.22. The van der Waals surface area contributed by atoms with Gasteiger partial charge in [-0.1, -0.05) is 54.1 Å². The summed E-state index contributed by atoms with van der Waals surface area (Å²) < 4.78 is 2.80. The van der Waals surface area contributed by atoms with Crippen LogP contribution < -0.4 is 10.0 Å². The van der Waals surface area contributed by atoms with Crippen molar-refractivity contribution in [1.29, 1.82) is 0 Å². The zero-order chi connectivity index (χ0) is 15.4. The molecule has 0 unspecified atom stereocenters. The monoisotopic (exact) mass is 308 g/mol. The van der Waals surface area contributed by atoms with E-state index in [-0.39, 0.29) is 6.03 Å². The van der Waals surface area contributed by atoms with Gasteiger partial charge in [0.2, 0.25) is 0 Å². The SMILES string of the molecule is Cc1ccc(SNC(=O)Nc2cccc3ccccc23)cc1. The highest BCUT2D eigenvalue weighted by Gasteiger charge is 2.05. The highest BCUT2D eigenvalue weighted by atomic mass is 32.2. The van der Waals surface area contributed by atoms with Crippen LogP contribution in [0.4, 0.5) is 10.5 Å². The van der Waals surface area contributed by atoms with Gasteiger partial charge in [-0.2, -0.15) is 0 Å². The van der Waals surface area contributed by atoms with Crippen LogP contribution in [0, 0.1) is 6.92 Å². The second-order valence-corrected chi connectivity index (χ2v) is 5.88. The number of hydrogen-bond acceptors (Lipinski definition) is 2. The van der Waals surface area contributed by atoms with Crippen molar-refractivity contribution in [2.75, 3.05) is 5.32 Å². The first kappa shape index (κ1) is 14.5. The topological polar surface area (TPSA) is 41.1 Å². The largest absolute Gasteiger partial charge is 0.329 e. The summed E-state index contributed by atoms with van der Waals surface area (Å²) in [5, 5.41) is 5.03. The second kappa shape index (κ2) is 6.54. The maximum absolute atomic E-state index is 12.1. The van der Waals surface area contributed by atoms with Crippen LogP contribution >= 0.6 is 11.9 Å². The molecule has 4 heteroatoms. The minimum absolute atomic E-state index is 0.234. The van der Waals surface area contributed by atoms with E-state index >= 15 is 0 Å². The number of benzene rings is 3. The Kier molecular flexibility index (Phi) is 4.30. The van der Waals surface area contributed by atoms with Crippen LogP contribution in [-0.4, -0.2) is 6.03 Å². The Labute approximate surface area is 133 Å². The fourth-order valence-corrected chi connectivity index (χ4v) is 2.73. The molecule has 0 aliphatic rings. The molecule has 0 saturated carbocycles. The molecule has 2 N–H and O–H groups in total. The number of aryl methyl sites for hydroxylation is 1. The molecular formula is C18H16N2OS. The Morgan fingerprint density at radius 1 is 0.909 bits per heavy atom. The molecule has 0 atom stereocenters. The van der Waals surface area contributed by atoms with Crippen LogP contribution in [0.3, 0.4) is 0 Å². The number of carbonyl (C=O) groups excluding carboxylic acids is 1. The van der Waals surface area contributed by atoms with E-state index in [0.717, 1.165) is 21.4 Å². The van der Waals surface area contributed by atoms with Crippen LogP contribution in [0.15, 0.2) is 71.6 Å². The highest BCUT2D eigenvalue weighted by Crippen LogP contribution is 2.23. The number of amides is 2. The summed E-state index contributed by atoms with van der Waals surface area (Å²) >= 11 is 1.30. The van der Waals surface area contributed by atoms with Crippen molar-refractivity contribution >= 4 is 34.4 Å². The van der Waals surface area contributed by atoms with Gasteiger partial charge >= 0.3 is 6.03 Å². The molecule has 3 nitrogen and oxygen atoms in total. The van der Waals surface area contributed by atoms with Gasteiger partial charge < -0.3 is 5.32 Å². The Morgan fingerprint density at radius 3 is 2.45 bits per heavy atom. The average Bonchev–Trinajstić information content (AvgIpc) is 2.55. The number of hydrogen-bond donors (Lipinski definition) is 2. The summed E-state index contributed by atoms with van der Waals surface area (Å²) in [5.41, 5.74) is 2.00. The van der Waals surface area contributed by atoms with Gasteiger partial charge in [0.05, 0.1) is 5.69 Å². The summed E-state index contributed by atoms with van der Waals surface area (Å²) in [6.07, 6.45) is 0. The summed E-state index contributed by atoms with van der Waals surface area (Å²) in [7, 11) is 0. The first-order valence-electron chi connectivity index (χ1n) is 7.01. The van der Waals surface area contributed by atoms with Gasteiger partial charge in [0.1, 0.15) is 0 Å². The summed E-state index contributed by atoms with van der Waals surface area (Å²) in [5.74, 6) is 0. The van der Waals surface area contributed by atoms with Gasteiger partial charge in [-0.3, -0.25) is 4.72 Å². The molecule has 0 heterocycles. The smallest absolute Gasteiger partial charge is 0.307 e. The van der Waals surface area contributed by atoms with Crippen molar-refractivity contribution in [3.05, 3.63) is 72.3 Å². The number of anilines is 1. The maximum Gasteiger partial charge on any atom is 0.329 e. The molecule has 0 aromatic heterocycles. The molecule has 2 amide bonds. The molecule has 0 radical (unpaired) electrons. The van der Waals surface area contributed by atoms with E-state index in [2.05, 4.69) is 10.0 Å². The van der Waals surface area contributed by atoms with Gasteiger partial charge in [0.25, 0.3) is 0 Å². The molecule has 0 aliphatic heterocycles. The maximum atomic E-state index is 12.1.